The number of aliphatic hydroxyl groups is 1. The van der Waals surface area contributed by atoms with Crippen molar-refractivity contribution in [3.05, 3.63) is 0 Å². The van der Waals surface area contributed by atoms with E-state index >= 15 is 0 Å². The molecule has 0 aliphatic heterocycles. The van der Waals surface area contributed by atoms with Crippen LogP contribution in [0.25, 0.3) is 0 Å². The Morgan fingerprint density at radius 1 is 1.27 bits per heavy atom. The van der Waals surface area contributed by atoms with Crippen LogP contribution in [0, 0.1) is 5.92 Å². The smallest absolute Gasteiger partial charge is 0.267 e. The average molecular weight is 156 g/mol. The number of rotatable bonds is 1. The molecule has 0 aromatic carbocycles. The minimum atomic E-state index is -1.39. The lowest BCUT2D eigenvalue weighted by molar-refractivity contribution is -0.141. The number of aliphatic hydroxyl groups excluding tert-OH is 1. The van der Waals surface area contributed by atoms with Crippen molar-refractivity contribution in [3.63, 3.8) is 0 Å². The highest BCUT2D eigenvalue weighted by Crippen LogP contribution is 2.19. The number of hydrogen-bond acceptors (Lipinski definition) is 4. The average Bonchev–Trinajstić information content (AvgIpc) is 2.17. The summed E-state index contributed by atoms with van der Waals surface area (Å²) in [6.45, 7) is 1.65. The van der Waals surface area contributed by atoms with E-state index in [9.17, 15) is 14.4 Å². The topological polar surface area (TPSA) is 71.4 Å². The molecule has 0 amide bonds. The van der Waals surface area contributed by atoms with E-state index in [1.807, 2.05) is 0 Å². The number of carbonyl (C=O) groups excluding carboxylic acids is 3. The van der Waals surface area contributed by atoms with Crippen LogP contribution in [-0.4, -0.2) is 28.6 Å². The zero-order valence-corrected chi connectivity index (χ0v) is 6.03. The number of ketones is 3. The second-order valence-electron chi connectivity index (χ2n) is 2.52. The molecule has 11 heavy (non-hydrogen) atoms. The lowest BCUT2D eigenvalue weighted by Crippen LogP contribution is -2.22. The maximum atomic E-state index is 10.8. The number of carbonyl (C=O) groups is 3. The maximum Gasteiger partial charge on any atom is 0.267 e. The Hall–Kier alpha value is -1.03. The summed E-state index contributed by atoms with van der Waals surface area (Å²) < 4.78 is 0. The number of Topliss-reactive ketones (excluding diaryl/α,β-unsaturated/α-hetero) is 3. The van der Waals surface area contributed by atoms with Gasteiger partial charge >= 0.3 is 0 Å². The van der Waals surface area contributed by atoms with Crippen LogP contribution in [0.4, 0.5) is 0 Å². The fraction of sp³-hybridized carbons (Fsp3) is 0.571. The van der Waals surface area contributed by atoms with E-state index in [1.165, 1.54) is 0 Å². The van der Waals surface area contributed by atoms with Gasteiger partial charge in [-0.1, -0.05) is 6.92 Å². The molecular weight excluding hydrogens is 148 g/mol. The molecule has 1 rings (SSSR count). The molecule has 0 saturated heterocycles. The molecule has 2 unspecified atom stereocenters. The lowest BCUT2D eigenvalue weighted by Gasteiger charge is -2.05. The van der Waals surface area contributed by atoms with Crippen molar-refractivity contribution in [3.8, 4) is 0 Å². The van der Waals surface area contributed by atoms with Crippen molar-refractivity contribution in [2.24, 2.45) is 5.92 Å². The van der Waals surface area contributed by atoms with Gasteiger partial charge in [0.25, 0.3) is 5.78 Å². The van der Waals surface area contributed by atoms with Crippen LogP contribution in [-0.2, 0) is 14.4 Å². The van der Waals surface area contributed by atoms with Crippen molar-refractivity contribution in [2.45, 2.75) is 19.4 Å². The van der Waals surface area contributed by atoms with Crippen LogP contribution in [0.3, 0.4) is 0 Å². The maximum absolute atomic E-state index is 10.8. The molecule has 60 valence electrons. The van der Waals surface area contributed by atoms with E-state index in [0.29, 0.717) is 6.42 Å². The third-order valence-corrected chi connectivity index (χ3v) is 1.87. The highest BCUT2D eigenvalue weighted by molar-refractivity contribution is 6.68. The van der Waals surface area contributed by atoms with Crippen molar-refractivity contribution >= 4 is 17.3 Å². The predicted molar refractivity (Wildman–Crippen MR) is 34.8 cm³/mol. The molecule has 1 fully saturated rings. The summed E-state index contributed by atoms with van der Waals surface area (Å²) in [5, 5.41) is 9.01. The molecule has 2 atom stereocenters. The molecule has 0 spiro atoms. The number of hydrogen-bond donors (Lipinski definition) is 1. The molecule has 1 aliphatic rings. The molecule has 0 radical (unpaired) electrons. The lowest BCUT2D eigenvalue weighted by atomic mass is 10.0. The second-order valence-corrected chi connectivity index (χ2v) is 2.52. The first-order chi connectivity index (χ1) is 5.09. The van der Waals surface area contributed by atoms with E-state index < -0.39 is 29.4 Å². The molecule has 0 heterocycles. The Morgan fingerprint density at radius 2 is 1.82 bits per heavy atom. The first-order valence-corrected chi connectivity index (χ1v) is 3.40. The monoisotopic (exact) mass is 156 g/mol. The Bertz CT molecular complexity index is 231. The van der Waals surface area contributed by atoms with Gasteiger partial charge in [-0.15, -0.1) is 0 Å². The van der Waals surface area contributed by atoms with Crippen molar-refractivity contribution in [1.29, 1.82) is 0 Å². The summed E-state index contributed by atoms with van der Waals surface area (Å²) >= 11 is 0. The molecule has 4 heteroatoms. The van der Waals surface area contributed by atoms with Crippen molar-refractivity contribution < 1.29 is 19.5 Å². The molecular formula is C7H8O4. The summed E-state index contributed by atoms with van der Waals surface area (Å²) in [5.41, 5.74) is 0. The van der Waals surface area contributed by atoms with Crippen LogP contribution in [0.1, 0.15) is 13.3 Å². The van der Waals surface area contributed by atoms with Gasteiger partial charge < -0.3 is 5.11 Å². The van der Waals surface area contributed by atoms with E-state index in [4.69, 9.17) is 5.11 Å². The van der Waals surface area contributed by atoms with Gasteiger partial charge in [0.15, 0.2) is 0 Å². The standard InChI is InChI=1S/C7H8O4/c1-2-3-4(8)6(10)7(11)5(3)9/h3-4,8H,2H2,1H3. The SMILES string of the molecule is CCC1C(=O)C(=O)C(=O)C1O. The molecule has 4 nitrogen and oxygen atoms in total. The molecule has 1 saturated carbocycles. The zero-order valence-electron chi connectivity index (χ0n) is 6.03. The van der Waals surface area contributed by atoms with Gasteiger partial charge in [-0.3, -0.25) is 14.4 Å². The Labute approximate surface area is 63.2 Å². The van der Waals surface area contributed by atoms with Gasteiger partial charge in [-0.05, 0) is 6.42 Å². The normalized spacial score (nSPS) is 31.6. The highest BCUT2D eigenvalue weighted by Gasteiger charge is 2.46. The first kappa shape index (κ1) is 8.07. The minimum absolute atomic E-state index is 0.331. The first-order valence-electron chi connectivity index (χ1n) is 3.40. The molecule has 0 aromatic heterocycles. The van der Waals surface area contributed by atoms with Crippen LogP contribution in [0.2, 0.25) is 0 Å². The largest absolute Gasteiger partial charge is 0.384 e. The molecule has 0 bridgehead atoms. The van der Waals surface area contributed by atoms with E-state index in [2.05, 4.69) is 0 Å². The fourth-order valence-corrected chi connectivity index (χ4v) is 1.16. The zero-order chi connectivity index (χ0) is 8.59. The van der Waals surface area contributed by atoms with E-state index in [0.717, 1.165) is 0 Å². The second kappa shape index (κ2) is 2.54. The highest BCUT2D eigenvalue weighted by atomic mass is 16.3. The van der Waals surface area contributed by atoms with Gasteiger partial charge in [0.2, 0.25) is 11.6 Å². The van der Waals surface area contributed by atoms with Gasteiger partial charge in [-0.25, -0.2) is 0 Å². The van der Waals surface area contributed by atoms with Crippen LogP contribution >= 0.6 is 0 Å². The molecule has 0 aromatic rings. The Kier molecular flexibility index (Phi) is 1.87. The fourth-order valence-electron chi connectivity index (χ4n) is 1.16. The summed E-state index contributed by atoms with van der Waals surface area (Å²) in [4.78, 5) is 32.1. The summed E-state index contributed by atoms with van der Waals surface area (Å²) in [7, 11) is 0. The van der Waals surface area contributed by atoms with E-state index in [-0.39, 0.29) is 0 Å². The summed E-state index contributed by atoms with van der Waals surface area (Å²) in [6.07, 6.45) is -1.06. The Morgan fingerprint density at radius 3 is 2.00 bits per heavy atom. The van der Waals surface area contributed by atoms with Gasteiger partial charge in [0, 0.05) is 0 Å². The third kappa shape index (κ3) is 0.991. The summed E-state index contributed by atoms with van der Waals surface area (Å²) in [5.74, 6) is -3.55. The van der Waals surface area contributed by atoms with Gasteiger partial charge in [0.05, 0.1) is 5.92 Å². The molecule has 1 N–H and O–H groups in total. The van der Waals surface area contributed by atoms with Crippen LogP contribution in [0.15, 0.2) is 0 Å². The quantitative estimate of drug-likeness (QED) is 0.499. The third-order valence-electron chi connectivity index (χ3n) is 1.87. The van der Waals surface area contributed by atoms with Gasteiger partial charge in [0.1, 0.15) is 6.10 Å². The van der Waals surface area contributed by atoms with Crippen molar-refractivity contribution in [2.75, 3.05) is 0 Å². The van der Waals surface area contributed by atoms with Crippen LogP contribution in [0.5, 0.6) is 0 Å². The predicted octanol–water partition coefficient (Wildman–Crippen LogP) is -0.906. The molecule has 1 aliphatic carbocycles. The Balaban J connectivity index is 2.95. The van der Waals surface area contributed by atoms with Crippen molar-refractivity contribution in [1.82, 2.24) is 0 Å². The van der Waals surface area contributed by atoms with E-state index in [1.54, 1.807) is 6.92 Å². The minimum Gasteiger partial charge on any atom is -0.384 e. The van der Waals surface area contributed by atoms with Crippen LogP contribution < -0.4 is 0 Å². The van der Waals surface area contributed by atoms with Gasteiger partial charge in [-0.2, -0.15) is 0 Å². The summed E-state index contributed by atoms with van der Waals surface area (Å²) in [6, 6.07) is 0.